The van der Waals surface area contributed by atoms with Gasteiger partial charge in [0.05, 0.1) is 17.6 Å². The SMILES string of the molecule is O=C(Nc1cccnc1)c1ccc2cc3n(c2c1)CCC/C3=N/O. The van der Waals surface area contributed by atoms with Gasteiger partial charge in [-0.2, -0.15) is 0 Å². The van der Waals surface area contributed by atoms with Crippen molar-refractivity contribution in [3.05, 3.63) is 60.0 Å². The van der Waals surface area contributed by atoms with Gasteiger partial charge in [-0.25, -0.2) is 0 Å². The highest BCUT2D eigenvalue weighted by molar-refractivity contribution is 6.08. The maximum absolute atomic E-state index is 12.5. The molecule has 0 bridgehead atoms. The molecule has 3 aromatic rings. The van der Waals surface area contributed by atoms with Crippen molar-refractivity contribution in [3.63, 3.8) is 0 Å². The zero-order valence-electron chi connectivity index (χ0n) is 12.9. The van der Waals surface area contributed by atoms with Crippen molar-refractivity contribution in [2.45, 2.75) is 19.4 Å². The van der Waals surface area contributed by atoms with Crippen LogP contribution in [0.1, 0.15) is 28.9 Å². The lowest BCUT2D eigenvalue weighted by Gasteiger charge is -2.17. The molecule has 0 aliphatic carbocycles. The fourth-order valence-electron chi connectivity index (χ4n) is 3.15. The van der Waals surface area contributed by atoms with Crippen LogP contribution in [0, 0.1) is 0 Å². The number of nitrogens with one attached hydrogen (secondary N) is 1. The van der Waals surface area contributed by atoms with Crippen molar-refractivity contribution in [2.75, 3.05) is 5.32 Å². The third kappa shape index (κ3) is 2.42. The number of amides is 1. The second kappa shape index (κ2) is 5.81. The summed E-state index contributed by atoms with van der Waals surface area (Å²) in [6.07, 6.45) is 4.96. The fourth-order valence-corrected chi connectivity index (χ4v) is 3.15. The van der Waals surface area contributed by atoms with Crippen molar-refractivity contribution in [3.8, 4) is 0 Å². The number of carbonyl (C=O) groups excluding carboxylic acids is 1. The number of carbonyl (C=O) groups is 1. The predicted octanol–water partition coefficient (Wildman–Crippen LogP) is 3.26. The van der Waals surface area contributed by atoms with Gasteiger partial charge in [0.15, 0.2) is 0 Å². The lowest BCUT2D eigenvalue weighted by molar-refractivity contribution is 0.102. The molecule has 24 heavy (non-hydrogen) atoms. The molecule has 0 saturated carbocycles. The molecule has 1 amide bonds. The van der Waals surface area contributed by atoms with Gasteiger partial charge in [0.2, 0.25) is 0 Å². The summed E-state index contributed by atoms with van der Waals surface area (Å²) in [5.41, 5.74) is 3.84. The van der Waals surface area contributed by atoms with Crippen molar-refractivity contribution in [1.82, 2.24) is 9.55 Å². The Balaban J connectivity index is 1.72. The Morgan fingerprint density at radius 2 is 2.21 bits per heavy atom. The first-order valence-electron chi connectivity index (χ1n) is 7.82. The van der Waals surface area contributed by atoms with Crippen molar-refractivity contribution in [2.24, 2.45) is 5.16 Å². The van der Waals surface area contributed by atoms with E-state index in [0.717, 1.165) is 36.0 Å². The Kier molecular flexibility index (Phi) is 3.49. The molecule has 0 atom stereocenters. The summed E-state index contributed by atoms with van der Waals surface area (Å²) < 4.78 is 2.11. The average Bonchev–Trinajstić information content (AvgIpc) is 3.00. The Hall–Kier alpha value is -3.15. The summed E-state index contributed by atoms with van der Waals surface area (Å²) in [4.78, 5) is 16.4. The maximum atomic E-state index is 12.5. The molecule has 4 rings (SSSR count). The molecule has 120 valence electrons. The van der Waals surface area contributed by atoms with Crippen LogP contribution in [0.3, 0.4) is 0 Å². The van der Waals surface area contributed by atoms with E-state index in [1.807, 2.05) is 18.2 Å². The number of anilines is 1. The summed E-state index contributed by atoms with van der Waals surface area (Å²) >= 11 is 0. The summed E-state index contributed by atoms with van der Waals surface area (Å²) in [5.74, 6) is -0.174. The summed E-state index contributed by atoms with van der Waals surface area (Å²) in [6.45, 7) is 0.853. The average molecular weight is 320 g/mol. The second-order valence-corrected chi connectivity index (χ2v) is 5.80. The summed E-state index contributed by atoms with van der Waals surface area (Å²) in [5, 5.41) is 16.5. The van der Waals surface area contributed by atoms with Gasteiger partial charge in [-0.3, -0.25) is 9.78 Å². The minimum atomic E-state index is -0.174. The number of benzene rings is 1. The van der Waals surface area contributed by atoms with Crippen LogP contribution in [0.5, 0.6) is 0 Å². The molecule has 0 fully saturated rings. The van der Waals surface area contributed by atoms with Gasteiger partial charge in [0.25, 0.3) is 5.91 Å². The van der Waals surface area contributed by atoms with Gasteiger partial charge in [-0.05, 0) is 43.2 Å². The van der Waals surface area contributed by atoms with E-state index in [0.29, 0.717) is 17.0 Å². The smallest absolute Gasteiger partial charge is 0.255 e. The fraction of sp³-hybridized carbons (Fsp3) is 0.167. The number of nitrogens with zero attached hydrogens (tertiary/aromatic N) is 3. The lowest BCUT2D eigenvalue weighted by Crippen LogP contribution is -2.17. The largest absolute Gasteiger partial charge is 0.411 e. The molecular formula is C18H16N4O2. The molecule has 0 spiro atoms. The van der Waals surface area contributed by atoms with Crippen LogP contribution in [0.15, 0.2) is 53.9 Å². The first kappa shape index (κ1) is 14.4. The van der Waals surface area contributed by atoms with Crippen LogP contribution in [0.2, 0.25) is 0 Å². The highest BCUT2D eigenvalue weighted by atomic mass is 16.4. The number of hydrogen-bond donors (Lipinski definition) is 2. The topological polar surface area (TPSA) is 79.5 Å². The van der Waals surface area contributed by atoms with E-state index in [4.69, 9.17) is 0 Å². The van der Waals surface area contributed by atoms with Crippen LogP contribution in [0.4, 0.5) is 5.69 Å². The van der Waals surface area contributed by atoms with Gasteiger partial charge in [0.1, 0.15) is 5.71 Å². The molecule has 0 saturated heterocycles. The number of hydrogen-bond acceptors (Lipinski definition) is 4. The molecule has 1 aliphatic heterocycles. The first-order valence-corrected chi connectivity index (χ1v) is 7.82. The molecule has 3 heterocycles. The Morgan fingerprint density at radius 1 is 1.29 bits per heavy atom. The monoisotopic (exact) mass is 320 g/mol. The predicted molar refractivity (Wildman–Crippen MR) is 91.7 cm³/mol. The minimum absolute atomic E-state index is 0.174. The van der Waals surface area contributed by atoms with Crippen LogP contribution in [0.25, 0.3) is 10.9 Å². The van der Waals surface area contributed by atoms with E-state index in [9.17, 15) is 10.0 Å². The maximum Gasteiger partial charge on any atom is 0.255 e. The van der Waals surface area contributed by atoms with Crippen LogP contribution >= 0.6 is 0 Å². The van der Waals surface area contributed by atoms with E-state index < -0.39 is 0 Å². The zero-order chi connectivity index (χ0) is 16.5. The van der Waals surface area contributed by atoms with Crippen LogP contribution in [-0.4, -0.2) is 26.4 Å². The first-order chi connectivity index (χ1) is 11.8. The van der Waals surface area contributed by atoms with Gasteiger partial charge >= 0.3 is 0 Å². The number of rotatable bonds is 2. The third-order valence-corrected chi connectivity index (χ3v) is 4.30. The number of pyridine rings is 1. The summed E-state index contributed by atoms with van der Waals surface area (Å²) in [6, 6.07) is 11.2. The van der Waals surface area contributed by atoms with E-state index >= 15 is 0 Å². The Bertz CT molecular complexity index is 944. The third-order valence-electron chi connectivity index (χ3n) is 4.30. The highest BCUT2D eigenvalue weighted by Crippen LogP contribution is 2.27. The highest BCUT2D eigenvalue weighted by Gasteiger charge is 2.19. The van der Waals surface area contributed by atoms with Crippen molar-refractivity contribution >= 4 is 28.2 Å². The van der Waals surface area contributed by atoms with Gasteiger partial charge in [-0.1, -0.05) is 11.2 Å². The van der Waals surface area contributed by atoms with Crippen molar-refractivity contribution < 1.29 is 10.0 Å². The van der Waals surface area contributed by atoms with Gasteiger partial charge < -0.3 is 15.1 Å². The molecular weight excluding hydrogens is 304 g/mol. The minimum Gasteiger partial charge on any atom is -0.411 e. The summed E-state index contributed by atoms with van der Waals surface area (Å²) in [7, 11) is 0. The number of fused-ring (bicyclic) bond motifs is 3. The quantitative estimate of drug-likeness (QED) is 0.562. The van der Waals surface area contributed by atoms with E-state index in [2.05, 4.69) is 20.0 Å². The molecule has 1 aliphatic rings. The molecule has 2 N–H and O–H groups in total. The molecule has 0 unspecified atom stereocenters. The van der Waals surface area contributed by atoms with Gasteiger partial charge in [0, 0.05) is 29.2 Å². The number of aromatic nitrogens is 2. The Labute approximate surface area is 138 Å². The molecule has 6 nitrogen and oxygen atoms in total. The van der Waals surface area contributed by atoms with E-state index in [1.54, 1.807) is 30.6 Å². The Morgan fingerprint density at radius 3 is 3.00 bits per heavy atom. The molecule has 2 aromatic heterocycles. The second-order valence-electron chi connectivity index (χ2n) is 5.80. The zero-order valence-corrected chi connectivity index (χ0v) is 12.9. The normalized spacial score (nSPS) is 15.4. The number of oxime groups is 1. The standard InChI is InChI=1S/C18H16N4O2/c23-18(20-14-3-1-7-19-11-14)13-6-5-12-9-17-15(21-24)4-2-8-22(17)16(12)10-13/h1,3,5-7,9-11,24H,2,4,8H2,(H,20,23)/b21-15-. The molecule has 1 aromatic carbocycles. The van der Waals surface area contributed by atoms with Gasteiger partial charge in [-0.15, -0.1) is 0 Å². The lowest BCUT2D eigenvalue weighted by atomic mass is 10.1. The van der Waals surface area contributed by atoms with Crippen LogP contribution < -0.4 is 5.32 Å². The molecule has 6 heteroatoms. The van der Waals surface area contributed by atoms with E-state index in [-0.39, 0.29) is 5.91 Å². The van der Waals surface area contributed by atoms with Crippen molar-refractivity contribution in [1.29, 1.82) is 0 Å². The van der Waals surface area contributed by atoms with E-state index in [1.165, 1.54) is 0 Å². The van der Waals surface area contributed by atoms with Crippen LogP contribution in [-0.2, 0) is 6.54 Å². The molecule has 0 radical (unpaired) electrons. The number of aryl methyl sites for hydroxylation is 1.